The second kappa shape index (κ2) is 8.45. The Morgan fingerprint density at radius 2 is 2.04 bits per heavy atom. The van der Waals surface area contributed by atoms with Crippen LogP contribution in [-0.4, -0.2) is 27.6 Å². The second-order valence-electron chi connectivity index (χ2n) is 5.94. The van der Waals surface area contributed by atoms with Crippen LogP contribution in [0.25, 0.3) is 5.69 Å². The Bertz CT molecular complexity index is 828. The van der Waals surface area contributed by atoms with E-state index in [1.54, 1.807) is 16.2 Å². The first-order valence-corrected chi connectivity index (χ1v) is 9.80. The standard InChI is InChI=1S/C19H20BrN3OS/c1-22(19(24)9-5-8-17-10-11-18(20)25-17)13-15-12-21-23(14-15)16-6-3-2-4-7-16/h2-4,6-7,10-12,14H,5,8-9,13H2,1H3. The topological polar surface area (TPSA) is 38.1 Å². The minimum Gasteiger partial charge on any atom is -0.341 e. The van der Waals surface area contributed by atoms with Gasteiger partial charge in [-0.1, -0.05) is 18.2 Å². The number of hydrogen-bond donors (Lipinski definition) is 0. The highest BCUT2D eigenvalue weighted by atomic mass is 79.9. The molecule has 2 aromatic heterocycles. The number of thiophene rings is 1. The number of benzene rings is 1. The van der Waals surface area contributed by atoms with Crippen molar-refractivity contribution in [2.24, 2.45) is 0 Å². The lowest BCUT2D eigenvalue weighted by atomic mass is 10.2. The van der Waals surface area contributed by atoms with Crippen LogP contribution in [-0.2, 0) is 17.8 Å². The fourth-order valence-electron chi connectivity index (χ4n) is 2.62. The molecule has 0 fully saturated rings. The number of hydrogen-bond acceptors (Lipinski definition) is 3. The van der Waals surface area contributed by atoms with E-state index in [9.17, 15) is 4.79 Å². The van der Waals surface area contributed by atoms with E-state index in [4.69, 9.17) is 0 Å². The normalized spacial score (nSPS) is 10.8. The number of halogens is 1. The molecule has 4 nitrogen and oxygen atoms in total. The van der Waals surface area contributed by atoms with E-state index in [0.29, 0.717) is 13.0 Å². The number of aromatic nitrogens is 2. The number of carbonyl (C=O) groups is 1. The van der Waals surface area contributed by atoms with E-state index in [1.807, 2.05) is 54.5 Å². The van der Waals surface area contributed by atoms with Crippen LogP contribution < -0.4 is 0 Å². The van der Waals surface area contributed by atoms with Crippen molar-refractivity contribution in [3.63, 3.8) is 0 Å². The van der Waals surface area contributed by atoms with Crippen LogP contribution in [0.4, 0.5) is 0 Å². The Labute approximate surface area is 160 Å². The van der Waals surface area contributed by atoms with Gasteiger partial charge in [-0.05, 0) is 53.0 Å². The summed E-state index contributed by atoms with van der Waals surface area (Å²) in [6, 6.07) is 14.1. The lowest BCUT2D eigenvalue weighted by Crippen LogP contribution is -2.25. The monoisotopic (exact) mass is 417 g/mol. The molecule has 0 atom stereocenters. The van der Waals surface area contributed by atoms with Crippen LogP contribution in [0.5, 0.6) is 0 Å². The molecule has 0 aliphatic rings. The Balaban J connectivity index is 1.49. The number of rotatable bonds is 7. The van der Waals surface area contributed by atoms with Gasteiger partial charge in [-0.15, -0.1) is 11.3 Å². The number of para-hydroxylation sites is 1. The molecule has 0 aliphatic heterocycles. The number of aryl methyl sites for hydroxylation is 1. The second-order valence-corrected chi connectivity index (χ2v) is 8.49. The molecule has 0 saturated heterocycles. The molecule has 3 rings (SSSR count). The Hall–Kier alpha value is -1.92. The molecule has 0 unspecified atom stereocenters. The van der Waals surface area contributed by atoms with E-state index in [-0.39, 0.29) is 5.91 Å². The van der Waals surface area contributed by atoms with Gasteiger partial charge in [0.1, 0.15) is 0 Å². The van der Waals surface area contributed by atoms with E-state index >= 15 is 0 Å². The van der Waals surface area contributed by atoms with Crippen LogP contribution in [0.1, 0.15) is 23.3 Å². The van der Waals surface area contributed by atoms with Crippen molar-refractivity contribution >= 4 is 33.2 Å². The molecule has 0 N–H and O–H groups in total. The molecule has 130 valence electrons. The molecule has 6 heteroatoms. The quantitative estimate of drug-likeness (QED) is 0.559. The summed E-state index contributed by atoms with van der Waals surface area (Å²) in [7, 11) is 1.85. The molecule has 0 spiro atoms. The Morgan fingerprint density at radius 1 is 1.24 bits per heavy atom. The van der Waals surface area contributed by atoms with Crippen molar-refractivity contribution in [2.75, 3.05) is 7.05 Å². The van der Waals surface area contributed by atoms with Gasteiger partial charge in [-0.25, -0.2) is 4.68 Å². The van der Waals surface area contributed by atoms with Crippen LogP contribution in [0.2, 0.25) is 0 Å². The number of nitrogens with zero attached hydrogens (tertiary/aromatic N) is 3. The smallest absolute Gasteiger partial charge is 0.222 e. The fraction of sp³-hybridized carbons (Fsp3) is 0.263. The third-order valence-corrected chi connectivity index (χ3v) is 5.63. The molecule has 1 aromatic carbocycles. The lowest BCUT2D eigenvalue weighted by molar-refractivity contribution is -0.130. The zero-order valence-corrected chi connectivity index (χ0v) is 16.5. The van der Waals surface area contributed by atoms with Gasteiger partial charge in [-0.3, -0.25) is 4.79 Å². The molecule has 1 amide bonds. The molecule has 25 heavy (non-hydrogen) atoms. The van der Waals surface area contributed by atoms with Crippen molar-refractivity contribution in [2.45, 2.75) is 25.8 Å². The van der Waals surface area contributed by atoms with Crippen LogP contribution >= 0.6 is 27.3 Å². The molecule has 3 aromatic rings. The van der Waals surface area contributed by atoms with Gasteiger partial charge in [0.25, 0.3) is 0 Å². The molecular weight excluding hydrogens is 398 g/mol. The van der Waals surface area contributed by atoms with E-state index in [2.05, 4.69) is 33.2 Å². The predicted molar refractivity (Wildman–Crippen MR) is 105 cm³/mol. The van der Waals surface area contributed by atoms with Crippen molar-refractivity contribution in [3.8, 4) is 5.69 Å². The van der Waals surface area contributed by atoms with Crippen molar-refractivity contribution in [1.82, 2.24) is 14.7 Å². The predicted octanol–water partition coefficient (Wildman–Crippen LogP) is 4.68. The third-order valence-electron chi connectivity index (χ3n) is 3.94. The summed E-state index contributed by atoms with van der Waals surface area (Å²) in [5.74, 6) is 0.170. The first-order chi connectivity index (χ1) is 12.1. The van der Waals surface area contributed by atoms with Crippen molar-refractivity contribution in [3.05, 3.63) is 69.1 Å². The van der Waals surface area contributed by atoms with E-state index in [1.165, 1.54) is 4.88 Å². The minimum atomic E-state index is 0.170. The van der Waals surface area contributed by atoms with Crippen LogP contribution in [0.15, 0.2) is 58.6 Å². The summed E-state index contributed by atoms with van der Waals surface area (Å²) >= 11 is 5.20. The van der Waals surface area contributed by atoms with Gasteiger partial charge >= 0.3 is 0 Å². The van der Waals surface area contributed by atoms with Crippen LogP contribution in [0, 0.1) is 0 Å². The maximum absolute atomic E-state index is 12.3. The highest BCUT2D eigenvalue weighted by Crippen LogP contribution is 2.23. The van der Waals surface area contributed by atoms with Gasteiger partial charge in [0.2, 0.25) is 5.91 Å². The Morgan fingerprint density at radius 3 is 2.76 bits per heavy atom. The number of amides is 1. The van der Waals surface area contributed by atoms with Gasteiger partial charge < -0.3 is 4.90 Å². The maximum Gasteiger partial charge on any atom is 0.222 e. The summed E-state index contributed by atoms with van der Waals surface area (Å²) in [6.07, 6.45) is 6.18. The average Bonchev–Trinajstić information content (AvgIpc) is 3.24. The maximum atomic E-state index is 12.3. The number of carbonyl (C=O) groups excluding carboxylic acids is 1. The lowest BCUT2D eigenvalue weighted by Gasteiger charge is -2.16. The first kappa shape index (κ1) is 17.9. The summed E-state index contributed by atoms with van der Waals surface area (Å²) in [5.41, 5.74) is 2.05. The van der Waals surface area contributed by atoms with Crippen LogP contribution in [0.3, 0.4) is 0 Å². The zero-order chi connectivity index (χ0) is 17.6. The molecular formula is C19H20BrN3OS. The van der Waals surface area contributed by atoms with E-state index in [0.717, 1.165) is 27.9 Å². The highest BCUT2D eigenvalue weighted by molar-refractivity contribution is 9.11. The van der Waals surface area contributed by atoms with Gasteiger partial charge in [0, 0.05) is 36.7 Å². The van der Waals surface area contributed by atoms with E-state index < -0.39 is 0 Å². The summed E-state index contributed by atoms with van der Waals surface area (Å²) in [5, 5.41) is 4.38. The zero-order valence-electron chi connectivity index (χ0n) is 14.1. The Kier molecular flexibility index (Phi) is 6.04. The summed E-state index contributed by atoms with van der Waals surface area (Å²) in [4.78, 5) is 15.4. The molecule has 0 saturated carbocycles. The van der Waals surface area contributed by atoms with Crippen molar-refractivity contribution < 1.29 is 4.79 Å². The largest absolute Gasteiger partial charge is 0.341 e. The SMILES string of the molecule is CN(Cc1cnn(-c2ccccc2)c1)C(=O)CCCc1ccc(Br)s1. The minimum absolute atomic E-state index is 0.170. The summed E-state index contributed by atoms with van der Waals surface area (Å²) in [6.45, 7) is 0.580. The molecule has 2 heterocycles. The van der Waals surface area contributed by atoms with Gasteiger partial charge in [0.05, 0.1) is 15.7 Å². The summed E-state index contributed by atoms with van der Waals surface area (Å²) < 4.78 is 2.98. The third kappa shape index (κ3) is 5.03. The average molecular weight is 418 g/mol. The highest BCUT2D eigenvalue weighted by Gasteiger charge is 2.11. The molecule has 0 aliphatic carbocycles. The molecule has 0 radical (unpaired) electrons. The first-order valence-electron chi connectivity index (χ1n) is 8.19. The molecule has 0 bridgehead atoms. The van der Waals surface area contributed by atoms with Gasteiger partial charge in [0.15, 0.2) is 0 Å². The van der Waals surface area contributed by atoms with Gasteiger partial charge in [-0.2, -0.15) is 5.10 Å². The fourth-order valence-corrected chi connectivity index (χ4v) is 4.14. The van der Waals surface area contributed by atoms with Crippen molar-refractivity contribution in [1.29, 1.82) is 0 Å².